The molecule has 0 aliphatic rings. The zero-order valence-corrected chi connectivity index (χ0v) is 17.0. The summed E-state index contributed by atoms with van der Waals surface area (Å²) in [5.74, 6) is -0.633. The van der Waals surface area contributed by atoms with Crippen molar-refractivity contribution in [2.24, 2.45) is 5.73 Å². The number of hydrogen-bond acceptors (Lipinski definition) is 6. The molecule has 2 rings (SSSR count). The highest BCUT2D eigenvalue weighted by atomic mass is 16.5. The molecule has 2 N–H and O–H groups in total. The molecule has 0 bridgehead atoms. The van der Waals surface area contributed by atoms with Gasteiger partial charge in [-0.2, -0.15) is 0 Å². The summed E-state index contributed by atoms with van der Waals surface area (Å²) in [6, 6.07) is 18.4. The van der Waals surface area contributed by atoms with Crippen LogP contribution in [0.15, 0.2) is 60.7 Å². The Morgan fingerprint density at radius 2 is 1.34 bits per heavy atom. The first-order valence-electron chi connectivity index (χ1n) is 9.57. The Balaban J connectivity index is 0.000000749. The summed E-state index contributed by atoms with van der Waals surface area (Å²) >= 11 is 0. The summed E-state index contributed by atoms with van der Waals surface area (Å²) in [4.78, 5) is 33.1. The van der Waals surface area contributed by atoms with Gasteiger partial charge in [0.25, 0.3) is 0 Å². The molecule has 0 saturated heterocycles. The van der Waals surface area contributed by atoms with E-state index in [1.54, 1.807) is 6.92 Å². The van der Waals surface area contributed by atoms with Gasteiger partial charge in [-0.3, -0.25) is 9.59 Å². The number of Topliss-reactive ketones (excluding diaryl/α,β-unsaturated/α-hetero) is 1. The van der Waals surface area contributed by atoms with Gasteiger partial charge in [0.15, 0.2) is 0 Å². The number of rotatable bonds is 9. The molecule has 0 spiro atoms. The lowest BCUT2D eigenvalue weighted by Crippen LogP contribution is -2.20. The van der Waals surface area contributed by atoms with E-state index in [4.69, 9.17) is 15.2 Å². The molecule has 156 valence electrons. The fraction of sp³-hybridized carbons (Fsp3) is 0.348. The van der Waals surface area contributed by atoms with E-state index in [-0.39, 0.29) is 37.9 Å². The quantitative estimate of drug-likeness (QED) is 0.646. The minimum absolute atomic E-state index is 0.00770. The molecular weight excluding hydrogens is 370 g/mol. The topological polar surface area (TPSA) is 95.7 Å². The first-order valence-corrected chi connectivity index (χ1v) is 9.57. The highest BCUT2D eigenvalue weighted by molar-refractivity contribution is 5.77. The monoisotopic (exact) mass is 399 g/mol. The van der Waals surface area contributed by atoms with Crippen molar-refractivity contribution < 1.29 is 23.9 Å². The third kappa shape index (κ3) is 11.4. The van der Waals surface area contributed by atoms with Gasteiger partial charge in [-0.15, -0.1) is 0 Å². The summed E-state index contributed by atoms with van der Waals surface area (Å²) < 4.78 is 10.2. The van der Waals surface area contributed by atoms with E-state index in [0.717, 1.165) is 11.1 Å². The Morgan fingerprint density at radius 1 is 0.862 bits per heavy atom. The Hall–Kier alpha value is -2.99. The Morgan fingerprint density at radius 3 is 1.86 bits per heavy atom. The number of carbonyl (C=O) groups is 3. The van der Waals surface area contributed by atoms with Crippen LogP contribution in [0.3, 0.4) is 0 Å². The minimum atomic E-state index is -0.460. The average Bonchev–Trinajstić information content (AvgIpc) is 2.76. The molecule has 0 amide bonds. The lowest BCUT2D eigenvalue weighted by atomic mass is 10.1. The van der Waals surface area contributed by atoms with Crippen LogP contribution in [0.2, 0.25) is 0 Å². The van der Waals surface area contributed by atoms with Crippen LogP contribution >= 0.6 is 0 Å². The summed E-state index contributed by atoms with van der Waals surface area (Å²) in [6.45, 7) is 3.72. The molecular formula is C23H29NO5. The Labute approximate surface area is 172 Å². The molecule has 2 aromatic carbocycles. The van der Waals surface area contributed by atoms with Crippen LogP contribution < -0.4 is 5.73 Å². The van der Waals surface area contributed by atoms with Crippen molar-refractivity contribution in [3.63, 3.8) is 0 Å². The number of hydrogen-bond donors (Lipinski definition) is 1. The maximum absolute atomic E-state index is 11.7. The number of nitrogens with two attached hydrogens (primary N) is 1. The molecule has 2 aromatic rings. The van der Waals surface area contributed by atoms with Crippen molar-refractivity contribution >= 4 is 17.7 Å². The molecule has 0 aromatic heterocycles. The molecule has 0 radical (unpaired) electrons. The number of ketones is 1. The molecule has 0 unspecified atom stereocenters. The van der Waals surface area contributed by atoms with Crippen molar-refractivity contribution in [2.75, 3.05) is 6.61 Å². The maximum Gasteiger partial charge on any atom is 0.306 e. The van der Waals surface area contributed by atoms with Crippen LogP contribution in [0.5, 0.6) is 0 Å². The molecule has 6 nitrogen and oxygen atoms in total. The van der Waals surface area contributed by atoms with E-state index in [1.807, 2.05) is 67.6 Å². The van der Waals surface area contributed by atoms with Gasteiger partial charge in [0.05, 0.1) is 18.9 Å². The second-order valence-corrected chi connectivity index (χ2v) is 6.40. The zero-order valence-electron chi connectivity index (χ0n) is 17.0. The minimum Gasteiger partial charge on any atom is -0.464 e. The molecule has 0 aliphatic heterocycles. The second-order valence-electron chi connectivity index (χ2n) is 6.40. The van der Waals surface area contributed by atoms with Gasteiger partial charge in [0.1, 0.15) is 19.0 Å². The Kier molecular flexibility index (Phi) is 11.7. The third-order valence-electron chi connectivity index (χ3n) is 3.93. The van der Waals surface area contributed by atoms with E-state index >= 15 is 0 Å². The van der Waals surface area contributed by atoms with Crippen molar-refractivity contribution in [2.45, 2.75) is 45.8 Å². The van der Waals surface area contributed by atoms with Gasteiger partial charge in [-0.25, -0.2) is 0 Å². The van der Waals surface area contributed by atoms with Crippen LogP contribution in [-0.2, 0) is 30.5 Å². The lowest BCUT2D eigenvalue weighted by molar-refractivity contribution is -0.151. The van der Waals surface area contributed by atoms with Gasteiger partial charge in [-0.05, 0) is 18.1 Å². The maximum atomic E-state index is 11.7. The summed E-state index contributed by atoms with van der Waals surface area (Å²) in [5, 5.41) is 0. The first-order chi connectivity index (χ1) is 13.9. The summed E-state index contributed by atoms with van der Waals surface area (Å²) in [6.07, 6.45) is 0.640. The normalized spacial score (nSPS) is 10.9. The van der Waals surface area contributed by atoms with E-state index in [2.05, 4.69) is 0 Å². The average molecular weight is 399 g/mol. The van der Waals surface area contributed by atoms with Gasteiger partial charge < -0.3 is 20.0 Å². The van der Waals surface area contributed by atoms with Crippen molar-refractivity contribution in [3.8, 4) is 0 Å². The van der Waals surface area contributed by atoms with Crippen LogP contribution in [0.25, 0.3) is 0 Å². The highest BCUT2D eigenvalue weighted by Gasteiger charge is 2.12. The van der Waals surface area contributed by atoms with E-state index in [9.17, 15) is 14.4 Å². The molecule has 6 heteroatoms. The largest absolute Gasteiger partial charge is 0.464 e. The fourth-order valence-electron chi connectivity index (χ4n) is 2.07. The second kappa shape index (κ2) is 14.1. The SMILES string of the molecule is CCC(C)=O.N[C@H](COC(=O)CCC(=O)OCc1ccccc1)c1ccccc1. The molecule has 0 fully saturated rings. The fourth-order valence-corrected chi connectivity index (χ4v) is 2.07. The number of esters is 2. The van der Waals surface area contributed by atoms with Crippen LogP contribution in [-0.4, -0.2) is 24.3 Å². The lowest BCUT2D eigenvalue weighted by Gasteiger charge is -2.12. The standard InChI is InChI=1S/C19H21NO4.C4H8O/c20-17(16-9-5-2-6-10-16)14-24-19(22)12-11-18(21)23-13-15-7-3-1-4-8-15;1-3-4(2)5/h1-10,17H,11-14,20H2;3H2,1-2H3/t17-;/m1./s1. The smallest absolute Gasteiger partial charge is 0.306 e. The van der Waals surface area contributed by atoms with E-state index in [0.29, 0.717) is 6.42 Å². The third-order valence-corrected chi connectivity index (χ3v) is 3.93. The molecule has 1 atom stereocenters. The van der Waals surface area contributed by atoms with Crippen molar-refractivity contribution in [3.05, 3.63) is 71.8 Å². The van der Waals surface area contributed by atoms with E-state index < -0.39 is 11.9 Å². The number of carbonyl (C=O) groups excluding carboxylic acids is 3. The number of ether oxygens (including phenoxy) is 2. The van der Waals surface area contributed by atoms with Gasteiger partial charge in [-0.1, -0.05) is 67.6 Å². The van der Waals surface area contributed by atoms with Crippen LogP contribution in [0.1, 0.15) is 50.3 Å². The Bertz CT molecular complexity index is 746. The zero-order chi connectivity index (χ0) is 21.5. The van der Waals surface area contributed by atoms with Gasteiger partial charge >= 0.3 is 11.9 Å². The molecule has 29 heavy (non-hydrogen) atoms. The van der Waals surface area contributed by atoms with Crippen LogP contribution in [0.4, 0.5) is 0 Å². The first kappa shape index (κ1) is 24.0. The summed E-state index contributed by atoms with van der Waals surface area (Å²) in [5.41, 5.74) is 7.74. The summed E-state index contributed by atoms with van der Waals surface area (Å²) in [7, 11) is 0. The van der Waals surface area contributed by atoms with Crippen LogP contribution in [0, 0.1) is 0 Å². The number of benzene rings is 2. The van der Waals surface area contributed by atoms with E-state index in [1.165, 1.54) is 0 Å². The van der Waals surface area contributed by atoms with Crippen molar-refractivity contribution in [1.82, 2.24) is 0 Å². The van der Waals surface area contributed by atoms with Gasteiger partial charge in [0.2, 0.25) is 0 Å². The van der Waals surface area contributed by atoms with Gasteiger partial charge in [0, 0.05) is 6.42 Å². The molecule has 0 heterocycles. The molecule has 0 saturated carbocycles. The van der Waals surface area contributed by atoms with Crippen molar-refractivity contribution in [1.29, 1.82) is 0 Å². The highest BCUT2D eigenvalue weighted by Crippen LogP contribution is 2.10. The predicted molar refractivity (Wildman–Crippen MR) is 111 cm³/mol. The predicted octanol–water partition coefficient (Wildman–Crippen LogP) is 3.74. The molecule has 0 aliphatic carbocycles.